The van der Waals surface area contributed by atoms with Crippen molar-refractivity contribution in [2.24, 2.45) is 0 Å². The number of para-hydroxylation sites is 2. The molecule has 1 aromatic heterocycles. The number of benzene rings is 8. The first kappa shape index (κ1) is 30.5. The molecule has 1 aliphatic carbocycles. The lowest BCUT2D eigenvalue weighted by Crippen LogP contribution is -2.32. The van der Waals surface area contributed by atoms with Crippen LogP contribution >= 0.6 is 0 Å². The molecule has 3 heteroatoms. The monoisotopic (exact) mass is 688 g/mol. The molecule has 0 saturated carbocycles. The molecular formula is C51H32N2O. The van der Waals surface area contributed by atoms with E-state index in [2.05, 4.69) is 176 Å². The van der Waals surface area contributed by atoms with Crippen molar-refractivity contribution >= 4 is 10.9 Å². The van der Waals surface area contributed by atoms with Crippen LogP contribution in [0.1, 0.15) is 22.3 Å². The Morgan fingerprint density at radius 3 is 1.67 bits per heavy atom. The van der Waals surface area contributed by atoms with Gasteiger partial charge in [-0.2, -0.15) is 0 Å². The summed E-state index contributed by atoms with van der Waals surface area (Å²) in [6.45, 7) is 0. The van der Waals surface area contributed by atoms with Crippen molar-refractivity contribution in [1.82, 2.24) is 9.97 Å². The average molecular weight is 689 g/mol. The van der Waals surface area contributed by atoms with Crippen LogP contribution in [0, 0.1) is 0 Å². The maximum absolute atomic E-state index is 6.67. The van der Waals surface area contributed by atoms with Gasteiger partial charge in [0.15, 0.2) is 5.82 Å². The first-order chi connectivity index (χ1) is 26.8. The van der Waals surface area contributed by atoms with Gasteiger partial charge in [0.05, 0.1) is 16.6 Å². The third-order valence-electron chi connectivity index (χ3n) is 11.2. The van der Waals surface area contributed by atoms with Gasteiger partial charge in [0.25, 0.3) is 0 Å². The van der Waals surface area contributed by atoms with Crippen LogP contribution in [-0.4, -0.2) is 9.97 Å². The van der Waals surface area contributed by atoms with Gasteiger partial charge in [-0.1, -0.05) is 170 Å². The summed E-state index contributed by atoms with van der Waals surface area (Å²) >= 11 is 0. The number of aromatic nitrogens is 2. The molecule has 0 atom stereocenters. The molecule has 252 valence electrons. The molecule has 8 aromatic carbocycles. The number of rotatable bonds is 4. The number of fused-ring (bicyclic) bond motifs is 10. The lowest BCUT2D eigenvalue weighted by atomic mass is 9.66. The zero-order valence-electron chi connectivity index (χ0n) is 29.3. The fourth-order valence-corrected chi connectivity index (χ4v) is 8.82. The Balaban J connectivity index is 1.03. The maximum Gasteiger partial charge on any atom is 0.161 e. The molecule has 2 heterocycles. The number of ether oxygens (including phenoxy) is 1. The van der Waals surface area contributed by atoms with Gasteiger partial charge in [0.1, 0.15) is 11.5 Å². The lowest BCUT2D eigenvalue weighted by molar-refractivity contribution is 0.436. The van der Waals surface area contributed by atoms with E-state index >= 15 is 0 Å². The topological polar surface area (TPSA) is 35.0 Å². The molecule has 11 rings (SSSR count). The van der Waals surface area contributed by atoms with E-state index in [1.165, 1.54) is 27.8 Å². The summed E-state index contributed by atoms with van der Waals surface area (Å²) < 4.78 is 6.67. The Bertz CT molecular complexity index is 2870. The lowest BCUT2D eigenvalue weighted by Gasteiger charge is -2.39. The Morgan fingerprint density at radius 1 is 0.352 bits per heavy atom. The highest BCUT2D eigenvalue weighted by Gasteiger charge is 2.51. The van der Waals surface area contributed by atoms with Gasteiger partial charge in [-0.15, -0.1) is 0 Å². The molecule has 0 N–H and O–H groups in total. The number of hydrogen-bond donors (Lipinski definition) is 0. The van der Waals surface area contributed by atoms with Crippen LogP contribution in [0.15, 0.2) is 194 Å². The van der Waals surface area contributed by atoms with Crippen LogP contribution in [0.25, 0.3) is 66.9 Å². The fraction of sp³-hybridized carbons (Fsp3) is 0.0196. The van der Waals surface area contributed by atoms with Crippen LogP contribution < -0.4 is 4.74 Å². The molecule has 54 heavy (non-hydrogen) atoms. The quantitative estimate of drug-likeness (QED) is 0.185. The Labute approximate surface area is 313 Å². The second kappa shape index (κ2) is 12.0. The first-order valence-corrected chi connectivity index (χ1v) is 18.4. The van der Waals surface area contributed by atoms with E-state index < -0.39 is 5.41 Å². The van der Waals surface area contributed by atoms with Crippen LogP contribution in [0.5, 0.6) is 11.5 Å². The highest BCUT2D eigenvalue weighted by molar-refractivity contribution is 5.95. The van der Waals surface area contributed by atoms with Crippen LogP contribution in [0.4, 0.5) is 0 Å². The molecule has 0 saturated heterocycles. The average Bonchev–Trinajstić information content (AvgIpc) is 3.54. The van der Waals surface area contributed by atoms with Crippen molar-refractivity contribution in [2.75, 3.05) is 0 Å². The Hall–Kier alpha value is -7.10. The largest absolute Gasteiger partial charge is 0.457 e. The summed E-state index contributed by atoms with van der Waals surface area (Å²) in [5.41, 5.74) is 15.4. The van der Waals surface area contributed by atoms with Crippen LogP contribution in [-0.2, 0) is 5.41 Å². The second-order valence-electron chi connectivity index (χ2n) is 14.1. The minimum Gasteiger partial charge on any atom is -0.457 e. The van der Waals surface area contributed by atoms with Gasteiger partial charge < -0.3 is 4.74 Å². The van der Waals surface area contributed by atoms with Crippen LogP contribution in [0.2, 0.25) is 0 Å². The summed E-state index contributed by atoms with van der Waals surface area (Å²) in [5, 5.41) is 1.04. The summed E-state index contributed by atoms with van der Waals surface area (Å²) in [6, 6.07) is 68.9. The van der Waals surface area contributed by atoms with E-state index in [-0.39, 0.29) is 0 Å². The molecule has 9 aromatic rings. The molecule has 0 bridgehead atoms. The van der Waals surface area contributed by atoms with E-state index in [1.54, 1.807) is 0 Å². The first-order valence-electron chi connectivity index (χ1n) is 18.4. The van der Waals surface area contributed by atoms with Crippen molar-refractivity contribution in [1.29, 1.82) is 0 Å². The van der Waals surface area contributed by atoms with E-state index in [0.29, 0.717) is 5.82 Å². The third kappa shape index (κ3) is 4.49. The van der Waals surface area contributed by atoms with E-state index in [0.717, 1.165) is 67.0 Å². The number of nitrogens with zero attached hydrogens (tertiary/aromatic N) is 2. The summed E-state index contributed by atoms with van der Waals surface area (Å²) in [6.07, 6.45) is 0. The molecule has 0 amide bonds. The molecular weight excluding hydrogens is 657 g/mol. The maximum atomic E-state index is 6.67. The molecule has 1 spiro atoms. The van der Waals surface area contributed by atoms with E-state index in [9.17, 15) is 0 Å². The third-order valence-corrected chi connectivity index (χ3v) is 11.2. The van der Waals surface area contributed by atoms with Gasteiger partial charge in [-0.05, 0) is 68.8 Å². The van der Waals surface area contributed by atoms with Gasteiger partial charge in [0, 0.05) is 27.6 Å². The normalized spacial score (nSPS) is 13.1. The van der Waals surface area contributed by atoms with Crippen LogP contribution in [0.3, 0.4) is 0 Å². The zero-order chi connectivity index (χ0) is 35.6. The summed E-state index contributed by atoms with van der Waals surface area (Å²) in [5.74, 6) is 2.50. The number of hydrogen-bond acceptors (Lipinski definition) is 3. The van der Waals surface area contributed by atoms with Crippen molar-refractivity contribution in [3.63, 3.8) is 0 Å². The minimum atomic E-state index is -0.495. The minimum absolute atomic E-state index is 0.495. The Morgan fingerprint density at radius 2 is 0.907 bits per heavy atom. The summed E-state index contributed by atoms with van der Waals surface area (Å²) in [4.78, 5) is 10.3. The fourth-order valence-electron chi connectivity index (χ4n) is 8.82. The SMILES string of the molecule is c1ccc(-c2nc(-c3ccccc3-c3ccc(-c4ccc5c(c4)C4(c6ccccc6O5)c5ccccc5-c5ccccc54)cc3)nc3ccccc23)cc1. The smallest absolute Gasteiger partial charge is 0.161 e. The van der Waals surface area contributed by atoms with Gasteiger partial charge in [0.2, 0.25) is 0 Å². The van der Waals surface area contributed by atoms with Gasteiger partial charge in [-0.3, -0.25) is 0 Å². The van der Waals surface area contributed by atoms with E-state index in [1.807, 2.05) is 18.2 Å². The molecule has 0 fully saturated rings. The van der Waals surface area contributed by atoms with Crippen molar-refractivity contribution in [2.45, 2.75) is 5.41 Å². The molecule has 0 unspecified atom stereocenters. The highest BCUT2D eigenvalue weighted by Crippen LogP contribution is 2.62. The standard InChI is InChI=1S/C51H32N2O/c1-2-14-35(15-3-1)49-41-20-8-12-24-46(41)52-50(53-49)40-19-5-4-16-37(40)34-28-26-33(27-29-34)36-30-31-48-45(32-36)51(44-23-11-13-25-47(44)54-48)42-21-9-6-17-38(42)39-18-7-10-22-43(39)51/h1-32H. The second-order valence-corrected chi connectivity index (χ2v) is 14.1. The predicted molar refractivity (Wildman–Crippen MR) is 219 cm³/mol. The van der Waals surface area contributed by atoms with Crippen molar-refractivity contribution in [3.05, 3.63) is 216 Å². The molecule has 1 aliphatic heterocycles. The van der Waals surface area contributed by atoms with Gasteiger partial charge >= 0.3 is 0 Å². The van der Waals surface area contributed by atoms with Gasteiger partial charge in [-0.25, -0.2) is 9.97 Å². The van der Waals surface area contributed by atoms with E-state index in [4.69, 9.17) is 14.7 Å². The highest BCUT2D eigenvalue weighted by atomic mass is 16.5. The van der Waals surface area contributed by atoms with Crippen molar-refractivity contribution < 1.29 is 4.74 Å². The molecule has 2 aliphatic rings. The predicted octanol–water partition coefficient (Wildman–Crippen LogP) is 12.8. The van der Waals surface area contributed by atoms with Crippen molar-refractivity contribution in [3.8, 4) is 67.5 Å². The zero-order valence-corrected chi connectivity index (χ0v) is 29.3. The molecule has 3 nitrogen and oxygen atoms in total. The Kier molecular flexibility index (Phi) is 6.77. The molecule has 0 radical (unpaired) electrons. The summed E-state index contributed by atoms with van der Waals surface area (Å²) in [7, 11) is 0.